The highest BCUT2D eigenvalue weighted by Gasteiger charge is 2.30. The van der Waals surface area contributed by atoms with Gasteiger partial charge in [-0.3, -0.25) is 9.36 Å². The molecule has 160 valence electrons. The molecule has 7 nitrogen and oxygen atoms in total. The SMILES string of the molecule is CC(C)n1c2c(oc1=O)CC(NC(=O)[C@H]1CC[C@@H](Oc3cc(Cl)ccn3)CC1)C=C2. The van der Waals surface area contributed by atoms with Crippen molar-refractivity contribution in [2.24, 2.45) is 5.92 Å². The summed E-state index contributed by atoms with van der Waals surface area (Å²) < 4.78 is 12.9. The largest absolute Gasteiger partial charge is 0.474 e. The van der Waals surface area contributed by atoms with E-state index in [-0.39, 0.29) is 35.8 Å². The van der Waals surface area contributed by atoms with Crippen LogP contribution in [-0.4, -0.2) is 27.6 Å². The van der Waals surface area contributed by atoms with Gasteiger partial charge in [0, 0.05) is 35.7 Å². The van der Waals surface area contributed by atoms with Crippen molar-refractivity contribution in [3.8, 4) is 5.88 Å². The number of carbonyl (C=O) groups is 1. The Hall–Kier alpha value is -2.54. The van der Waals surface area contributed by atoms with Crippen LogP contribution in [0.5, 0.6) is 5.88 Å². The van der Waals surface area contributed by atoms with E-state index in [4.69, 9.17) is 20.8 Å². The monoisotopic (exact) mass is 431 g/mol. The number of hydrogen-bond acceptors (Lipinski definition) is 5. The van der Waals surface area contributed by atoms with Crippen molar-refractivity contribution >= 4 is 23.6 Å². The predicted molar refractivity (Wildman–Crippen MR) is 114 cm³/mol. The standard InChI is InChI=1S/C22H26ClN3O4/c1-13(2)26-18-8-5-16(12-19(18)30-22(26)28)25-21(27)14-3-6-17(7-4-14)29-20-11-15(23)9-10-24-20/h5,8-11,13-14,16-17H,3-4,6-7,12H2,1-2H3,(H,25,27)/t14-,16?,17+. The van der Waals surface area contributed by atoms with Crippen LogP contribution in [-0.2, 0) is 11.2 Å². The van der Waals surface area contributed by atoms with Crippen LogP contribution in [0, 0.1) is 5.92 Å². The lowest BCUT2D eigenvalue weighted by Gasteiger charge is -2.29. The smallest absolute Gasteiger partial charge is 0.419 e. The number of amides is 1. The van der Waals surface area contributed by atoms with Crippen LogP contribution >= 0.6 is 11.6 Å². The van der Waals surface area contributed by atoms with E-state index in [1.165, 1.54) is 0 Å². The van der Waals surface area contributed by atoms with Crippen molar-refractivity contribution in [2.75, 3.05) is 0 Å². The summed E-state index contributed by atoms with van der Waals surface area (Å²) in [5.41, 5.74) is 0.799. The molecule has 30 heavy (non-hydrogen) atoms. The van der Waals surface area contributed by atoms with Crippen LogP contribution in [0.15, 0.2) is 33.6 Å². The van der Waals surface area contributed by atoms with Crippen LogP contribution in [0.3, 0.4) is 0 Å². The van der Waals surface area contributed by atoms with Gasteiger partial charge in [0.05, 0.1) is 11.7 Å². The molecule has 0 bridgehead atoms. The lowest BCUT2D eigenvalue weighted by atomic mass is 9.86. The minimum absolute atomic E-state index is 0.0281. The quantitative estimate of drug-likeness (QED) is 0.778. The fraction of sp³-hybridized carbons (Fsp3) is 0.500. The fourth-order valence-electron chi connectivity index (χ4n) is 4.19. The van der Waals surface area contributed by atoms with E-state index in [9.17, 15) is 9.59 Å². The Morgan fingerprint density at radius 3 is 2.80 bits per heavy atom. The number of aromatic nitrogens is 2. The summed E-state index contributed by atoms with van der Waals surface area (Å²) in [5.74, 6) is 0.803. The first-order valence-electron chi connectivity index (χ1n) is 10.4. The zero-order valence-corrected chi connectivity index (χ0v) is 17.9. The van der Waals surface area contributed by atoms with Gasteiger partial charge in [-0.2, -0.15) is 0 Å². The van der Waals surface area contributed by atoms with Gasteiger partial charge in [0.1, 0.15) is 11.9 Å². The molecule has 2 heterocycles. The minimum Gasteiger partial charge on any atom is -0.474 e. The van der Waals surface area contributed by atoms with Crippen molar-refractivity contribution in [1.29, 1.82) is 0 Å². The number of fused-ring (bicyclic) bond motifs is 1. The second-order valence-electron chi connectivity index (χ2n) is 8.22. The topological polar surface area (TPSA) is 86.4 Å². The van der Waals surface area contributed by atoms with Gasteiger partial charge in [0.2, 0.25) is 11.8 Å². The van der Waals surface area contributed by atoms with Crippen molar-refractivity contribution < 1.29 is 13.9 Å². The van der Waals surface area contributed by atoms with E-state index in [1.807, 2.05) is 26.0 Å². The van der Waals surface area contributed by atoms with E-state index in [1.54, 1.807) is 22.9 Å². The molecular weight excluding hydrogens is 406 g/mol. The van der Waals surface area contributed by atoms with Crippen molar-refractivity contribution in [2.45, 2.75) is 64.1 Å². The molecule has 4 rings (SSSR count). The highest BCUT2D eigenvalue weighted by Crippen LogP contribution is 2.28. The van der Waals surface area contributed by atoms with E-state index in [0.717, 1.165) is 31.4 Å². The van der Waals surface area contributed by atoms with Crippen LogP contribution < -0.4 is 15.8 Å². The summed E-state index contributed by atoms with van der Waals surface area (Å²) in [6.45, 7) is 3.89. The van der Waals surface area contributed by atoms with Crippen LogP contribution in [0.4, 0.5) is 0 Å². The van der Waals surface area contributed by atoms with E-state index >= 15 is 0 Å². The second kappa shape index (κ2) is 8.68. The molecule has 2 aliphatic rings. The van der Waals surface area contributed by atoms with Crippen LogP contribution in [0.25, 0.3) is 6.08 Å². The maximum Gasteiger partial charge on any atom is 0.419 e. The average molecular weight is 432 g/mol. The number of hydrogen-bond donors (Lipinski definition) is 1. The summed E-state index contributed by atoms with van der Waals surface area (Å²) in [4.78, 5) is 29.0. The van der Waals surface area contributed by atoms with Crippen molar-refractivity contribution in [3.05, 3.63) is 51.4 Å². The molecular formula is C22H26ClN3O4. The lowest BCUT2D eigenvalue weighted by Crippen LogP contribution is -2.41. The minimum atomic E-state index is -0.348. The van der Waals surface area contributed by atoms with Gasteiger partial charge in [0.15, 0.2) is 0 Å². The summed E-state index contributed by atoms with van der Waals surface area (Å²) >= 11 is 5.97. The summed E-state index contributed by atoms with van der Waals surface area (Å²) in [6.07, 6.45) is 9.08. The summed E-state index contributed by atoms with van der Waals surface area (Å²) in [6, 6.07) is 3.28. The molecule has 2 aromatic rings. The third-order valence-corrected chi connectivity index (χ3v) is 5.95. The zero-order valence-electron chi connectivity index (χ0n) is 17.1. The molecule has 1 N–H and O–H groups in total. The number of nitrogens with one attached hydrogen (secondary N) is 1. The first-order chi connectivity index (χ1) is 14.4. The Morgan fingerprint density at radius 2 is 2.10 bits per heavy atom. The molecule has 2 aromatic heterocycles. The maximum atomic E-state index is 12.8. The van der Waals surface area contributed by atoms with Crippen molar-refractivity contribution in [1.82, 2.24) is 14.9 Å². The van der Waals surface area contributed by atoms with E-state index in [0.29, 0.717) is 23.1 Å². The fourth-order valence-corrected chi connectivity index (χ4v) is 4.34. The molecule has 1 fully saturated rings. The number of carbonyl (C=O) groups excluding carboxylic acids is 1. The normalized spacial score (nSPS) is 23.3. The molecule has 2 aliphatic carbocycles. The Bertz CT molecular complexity index is 1000. The molecule has 0 radical (unpaired) electrons. The van der Waals surface area contributed by atoms with Gasteiger partial charge < -0.3 is 14.5 Å². The van der Waals surface area contributed by atoms with Gasteiger partial charge in [0.25, 0.3) is 0 Å². The first kappa shape index (κ1) is 20.7. The molecule has 8 heteroatoms. The average Bonchev–Trinajstić information content (AvgIpc) is 3.03. The first-order valence-corrected chi connectivity index (χ1v) is 10.8. The summed E-state index contributed by atoms with van der Waals surface area (Å²) in [7, 11) is 0. The Morgan fingerprint density at radius 1 is 1.33 bits per heavy atom. The zero-order chi connectivity index (χ0) is 21.3. The molecule has 0 spiro atoms. The van der Waals surface area contributed by atoms with E-state index in [2.05, 4.69) is 10.3 Å². The number of halogens is 1. The Kier molecular flexibility index (Phi) is 5.99. The number of rotatable bonds is 5. The Labute approximate surface area is 180 Å². The highest BCUT2D eigenvalue weighted by atomic mass is 35.5. The molecule has 1 amide bonds. The van der Waals surface area contributed by atoms with E-state index < -0.39 is 0 Å². The summed E-state index contributed by atoms with van der Waals surface area (Å²) in [5, 5.41) is 3.69. The molecule has 1 atom stereocenters. The van der Waals surface area contributed by atoms with Gasteiger partial charge in [-0.1, -0.05) is 17.7 Å². The highest BCUT2D eigenvalue weighted by molar-refractivity contribution is 6.30. The van der Waals surface area contributed by atoms with Crippen LogP contribution in [0.1, 0.15) is 57.0 Å². The third-order valence-electron chi connectivity index (χ3n) is 5.72. The second-order valence-corrected chi connectivity index (χ2v) is 8.66. The van der Waals surface area contributed by atoms with Gasteiger partial charge in [-0.25, -0.2) is 9.78 Å². The molecule has 1 saturated carbocycles. The molecule has 0 aromatic carbocycles. The molecule has 0 aliphatic heterocycles. The predicted octanol–water partition coefficient (Wildman–Crippen LogP) is 3.76. The Balaban J connectivity index is 1.30. The van der Waals surface area contributed by atoms with Gasteiger partial charge in [-0.05, 0) is 51.7 Å². The number of nitrogens with zero attached hydrogens (tertiary/aromatic N) is 2. The molecule has 0 saturated heterocycles. The van der Waals surface area contributed by atoms with Gasteiger partial charge in [-0.15, -0.1) is 0 Å². The van der Waals surface area contributed by atoms with Crippen molar-refractivity contribution in [3.63, 3.8) is 0 Å². The number of ether oxygens (including phenoxy) is 1. The number of oxazole rings is 1. The molecule has 1 unspecified atom stereocenters. The third kappa shape index (κ3) is 4.46. The maximum absolute atomic E-state index is 12.8. The number of pyridine rings is 1. The van der Waals surface area contributed by atoms with Crippen LogP contribution in [0.2, 0.25) is 5.02 Å². The van der Waals surface area contributed by atoms with Gasteiger partial charge >= 0.3 is 5.76 Å². The lowest BCUT2D eigenvalue weighted by molar-refractivity contribution is -0.126.